The molecule has 1 aliphatic heterocycles. The average Bonchev–Trinajstić information content (AvgIpc) is 3.12. The van der Waals surface area contributed by atoms with Crippen molar-refractivity contribution in [3.05, 3.63) is 47.1 Å². The second-order valence-corrected chi connectivity index (χ2v) is 7.54. The smallest absolute Gasteiger partial charge is 0.310 e. The van der Waals surface area contributed by atoms with Gasteiger partial charge >= 0.3 is 5.97 Å². The van der Waals surface area contributed by atoms with Gasteiger partial charge in [-0.1, -0.05) is 23.7 Å². The van der Waals surface area contributed by atoms with Crippen LogP contribution < -0.4 is 4.90 Å². The first-order valence-corrected chi connectivity index (χ1v) is 9.98. The van der Waals surface area contributed by atoms with Gasteiger partial charge < -0.3 is 9.64 Å². The molecule has 4 rings (SSSR count). The summed E-state index contributed by atoms with van der Waals surface area (Å²) < 4.78 is 7.10. The van der Waals surface area contributed by atoms with E-state index >= 15 is 0 Å². The summed E-state index contributed by atoms with van der Waals surface area (Å²) in [7, 11) is 0. The van der Waals surface area contributed by atoms with E-state index in [0.29, 0.717) is 18.2 Å². The van der Waals surface area contributed by atoms with Crippen LogP contribution in [0.25, 0.3) is 16.9 Å². The maximum absolute atomic E-state index is 12.2. The van der Waals surface area contributed by atoms with E-state index in [2.05, 4.69) is 9.88 Å². The molecule has 3 aromatic rings. The van der Waals surface area contributed by atoms with Crippen LogP contribution in [0.2, 0.25) is 5.02 Å². The number of anilines is 1. The van der Waals surface area contributed by atoms with Crippen molar-refractivity contribution in [2.75, 3.05) is 24.6 Å². The fraction of sp³-hybridized carbons (Fsp3) is 0.381. The van der Waals surface area contributed by atoms with Crippen molar-refractivity contribution in [2.45, 2.75) is 26.7 Å². The van der Waals surface area contributed by atoms with Crippen LogP contribution in [0.3, 0.4) is 0 Å². The number of nitrogens with zero attached hydrogens (tertiary/aromatic N) is 4. The van der Waals surface area contributed by atoms with Crippen LogP contribution >= 0.6 is 11.6 Å². The third kappa shape index (κ3) is 3.69. The SMILES string of the molecule is CCOC(=O)[C@H]1CCCN(c2cc(C)nc3cc(-c4ccc(Cl)cc4)nn23)C1. The van der Waals surface area contributed by atoms with Gasteiger partial charge in [0.2, 0.25) is 0 Å². The summed E-state index contributed by atoms with van der Waals surface area (Å²) in [5.74, 6) is 0.733. The van der Waals surface area contributed by atoms with Gasteiger partial charge in [0, 0.05) is 41.5 Å². The van der Waals surface area contributed by atoms with Gasteiger partial charge in [-0.15, -0.1) is 0 Å². The zero-order valence-electron chi connectivity index (χ0n) is 16.1. The number of hydrogen-bond acceptors (Lipinski definition) is 5. The van der Waals surface area contributed by atoms with Crippen LogP contribution in [0, 0.1) is 12.8 Å². The molecule has 1 aliphatic rings. The number of fused-ring (bicyclic) bond motifs is 1. The molecule has 1 saturated heterocycles. The second-order valence-electron chi connectivity index (χ2n) is 7.10. The molecular formula is C21H23ClN4O2. The predicted octanol–water partition coefficient (Wildman–Crippen LogP) is 4.14. The zero-order chi connectivity index (χ0) is 19.7. The van der Waals surface area contributed by atoms with Crippen molar-refractivity contribution in [2.24, 2.45) is 5.92 Å². The van der Waals surface area contributed by atoms with Crippen LogP contribution in [-0.2, 0) is 9.53 Å². The number of aromatic nitrogens is 3. The van der Waals surface area contributed by atoms with Crippen molar-refractivity contribution in [3.63, 3.8) is 0 Å². The summed E-state index contributed by atoms with van der Waals surface area (Å²) in [5, 5.41) is 5.48. The third-order valence-corrected chi connectivity index (χ3v) is 5.29. The predicted molar refractivity (Wildman–Crippen MR) is 110 cm³/mol. The molecule has 1 fully saturated rings. The molecule has 0 aliphatic carbocycles. The molecule has 0 spiro atoms. The van der Waals surface area contributed by atoms with Crippen LogP contribution in [0.5, 0.6) is 0 Å². The number of aryl methyl sites for hydroxylation is 1. The molecule has 0 radical (unpaired) electrons. The molecule has 0 saturated carbocycles. The lowest BCUT2D eigenvalue weighted by Crippen LogP contribution is -2.40. The Morgan fingerprint density at radius 1 is 1.29 bits per heavy atom. The van der Waals surface area contributed by atoms with Gasteiger partial charge in [0.05, 0.1) is 18.2 Å². The summed E-state index contributed by atoms with van der Waals surface area (Å²) in [6, 6.07) is 11.6. The monoisotopic (exact) mass is 398 g/mol. The summed E-state index contributed by atoms with van der Waals surface area (Å²) in [6.45, 7) is 5.75. The number of hydrogen-bond donors (Lipinski definition) is 0. The molecule has 6 nitrogen and oxygen atoms in total. The largest absolute Gasteiger partial charge is 0.466 e. The number of piperidine rings is 1. The molecule has 146 valence electrons. The van der Waals surface area contributed by atoms with E-state index in [9.17, 15) is 4.79 Å². The van der Waals surface area contributed by atoms with Crippen LogP contribution in [0.4, 0.5) is 5.82 Å². The molecule has 3 heterocycles. The Labute approximate surface area is 169 Å². The molecule has 1 aromatic carbocycles. The summed E-state index contributed by atoms with van der Waals surface area (Å²) in [4.78, 5) is 19.1. The van der Waals surface area contributed by atoms with E-state index in [1.54, 1.807) is 0 Å². The molecule has 0 unspecified atom stereocenters. The van der Waals surface area contributed by atoms with E-state index in [4.69, 9.17) is 21.4 Å². The highest BCUT2D eigenvalue weighted by atomic mass is 35.5. The molecule has 7 heteroatoms. The van der Waals surface area contributed by atoms with Crippen molar-refractivity contribution in [1.29, 1.82) is 0 Å². The first-order valence-electron chi connectivity index (χ1n) is 9.60. The molecule has 0 bridgehead atoms. The molecule has 2 aromatic heterocycles. The number of ether oxygens (including phenoxy) is 1. The van der Waals surface area contributed by atoms with Gasteiger partial charge in [-0.05, 0) is 38.8 Å². The van der Waals surface area contributed by atoms with Crippen LogP contribution in [-0.4, -0.2) is 40.3 Å². The Morgan fingerprint density at radius 3 is 2.82 bits per heavy atom. The fourth-order valence-corrected chi connectivity index (χ4v) is 3.83. The Bertz CT molecular complexity index is 1000. The molecule has 28 heavy (non-hydrogen) atoms. The topological polar surface area (TPSA) is 59.7 Å². The minimum atomic E-state index is -0.114. The average molecular weight is 399 g/mol. The number of halogens is 1. The van der Waals surface area contributed by atoms with Gasteiger partial charge in [-0.2, -0.15) is 9.61 Å². The molecule has 0 amide bonds. The van der Waals surface area contributed by atoms with Gasteiger partial charge in [-0.25, -0.2) is 4.98 Å². The first kappa shape index (κ1) is 18.7. The highest BCUT2D eigenvalue weighted by Gasteiger charge is 2.28. The van der Waals surface area contributed by atoms with Crippen LogP contribution in [0.1, 0.15) is 25.5 Å². The molecular weight excluding hydrogens is 376 g/mol. The zero-order valence-corrected chi connectivity index (χ0v) is 16.8. The van der Waals surface area contributed by atoms with Crippen molar-refractivity contribution in [1.82, 2.24) is 14.6 Å². The lowest BCUT2D eigenvalue weighted by Gasteiger charge is -2.33. The Morgan fingerprint density at radius 2 is 2.07 bits per heavy atom. The number of benzene rings is 1. The standard InChI is InChI=1S/C21H23ClN4O2/c1-3-28-21(27)16-5-4-10-25(13-16)20-11-14(2)23-19-12-18(24-26(19)20)15-6-8-17(22)9-7-15/h6-9,11-12,16H,3-5,10,13H2,1-2H3/t16-/m0/s1. The maximum Gasteiger partial charge on any atom is 0.310 e. The fourth-order valence-electron chi connectivity index (χ4n) is 3.71. The van der Waals surface area contributed by atoms with Gasteiger partial charge in [0.15, 0.2) is 5.65 Å². The van der Waals surface area contributed by atoms with Crippen molar-refractivity contribution < 1.29 is 9.53 Å². The number of esters is 1. The van der Waals surface area contributed by atoms with Crippen molar-refractivity contribution in [3.8, 4) is 11.3 Å². The normalized spacial score (nSPS) is 17.1. The number of carbonyl (C=O) groups excluding carboxylic acids is 1. The van der Waals surface area contributed by atoms with E-state index in [1.807, 2.05) is 54.8 Å². The second kappa shape index (κ2) is 7.80. The minimum absolute atomic E-state index is 0.108. The minimum Gasteiger partial charge on any atom is -0.466 e. The van der Waals surface area contributed by atoms with E-state index in [-0.39, 0.29) is 11.9 Å². The lowest BCUT2D eigenvalue weighted by molar-refractivity contribution is -0.148. The van der Waals surface area contributed by atoms with Gasteiger partial charge in [0.1, 0.15) is 5.82 Å². The summed E-state index contributed by atoms with van der Waals surface area (Å²) in [5.41, 5.74) is 3.54. The highest BCUT2D eigenvalue weighted by Crippen LogP contribution is 2.28. The van der Waals surface area contributed by atoms with E-state index in [1.165, 1.54) is 0 Å². The Hall–Kier alpha value is -2.60. The first-order chi connectivity index (χ1) is 13.5. The summed E-state index contributed by atoms with van der Waals surface area (Å²) in [6.07, 6.45) is 1.80. The Kier molecular flexibility index (Phi) is 5.22. The Balaban J connectivity index is 1.70. The van der Waals surface area contributed by atoms with Crippen molar-refractivity contribution >= 4 is 29.0 Å². The number of rotatable bonds is 4. The van der Waals surface area contributed by atoms with E-state index < -0.39 is 0 Å². The van der Waals surface area contributed by atoms with E-state index in [0.717, 1.165) is 47.8 Å². The van der Waals surface area contributed by atoms with Gasteiger partial charge in [-0.3, -0.25) is 4.79 Å². The number of carbonyl (C=O) groups is 1. The summed E-state index contributed by atoms with van der Waals surface area (Å²) >= 11 is 6.00. The highest BCUT2D eigenvalue weighted by molar-refractivity contribution is 6.30. The van der Waals surface area contributed by atoms with Crippen LogP contribution in [0.15, 0.2) is 36.4 Å². The molecule has 1 atom stereocenters. The van der Waals surface area contributed by atoms with Gasteiger partial charge in [0.25, 0.3) is 0 Å². The molecule has 0 N–H and O–H groups in total. The maximum atomic E-state index is 12.2. The lowest BCUT2D eigenvalue weighted by atomic mass is 9.98. The quantitative estimate of drug-likeness (QED) is 0.618. The third-order valence-electron chi connectivity index (χ3n) is 5.04.